The number of benzene rings is 2. The number of furan rings is 1. The molecule has 2 aromatic heterocycles. The fourth-order valence-corrected chi connectivity index (χ4v) is 4.37. The van der Waals surface area contributed by atoms with Gasteiger partial charge in [-0.15, -0.1) is 5.10 Å². The summed E-state index contributed by atoms with van der Waals surface area (Å²) in [5.41, 5.74) is 3.10. The van der Waals surface area contributed by atoms with E-state index in [1.807, 2.05) is 30.3 Å². The smallest absolute Gasteiger partial charge is 0.273 e. The van der Waals surface area contributed by atoms with E-state index in [0.29, 0.717) is 46.0 Å². The van der Waals surface area contributed by atoms with Gasteiger partial charge in [-0.2, -0.15) is 5.01 Å². The summed E-state index contributed by atoms with van der Waals surface area (Å²) in [6.45, 7) is 0.145. The number of ether oxygens (including phenoxy) is 1. The Morgan fingerprint density at radius 2 is 1.82 bits per heavy atom. The Kier molecular flexibility index (Phi) is 4.47. The first kappa shape index (κ1) is 20.2. The van der Waals surface area contributed by atoms with Crippen LogP contribution in [0.5, 0.6) is 5.75 Å². The van der Waals surface area contributed by atoms with Gasteiger partial charge in [0.15, 0.2) is 5.76 Å². The van der Waals surface area contributed by atoms with E-state index in [9.17, 15) is 14.4 Å². The normalized spacial score (nSPS) is 16.0. The van der Waals surface area contributed by atoms with Crippen LogP contribution in [0.2, 0.25) is 0 Å². The van der Waals surface area contributed by atoms with Gasteiger partial charge in [0.1, 0.15) is 17.0 Å². The Labute approximate surface area is 193 Å². The number of nitrogens with zero attached hydrogens (tertiary/aromatic N) is 5. The van der Waals surface area contributed by atoms with Crippen LogP contribution in [0.25, 0.3) is 28.1 Å². The molecule has 2 aromatic carbocycles. The number of hydrazine groups is 1. The zero-order valence-electron chi connectivity index (χ0n) is 18.2. The van der Waals surface area contributed by atoms with Gasteiger partial charge in [0.25, 0.3) is 5.91 Å². The predicted molar refractivity (Wildman–Crippen MR) is 119 cm³/mol. The predicted octanol–water partition coefficient (Wildman–Crippen LogP) is 3.10. The third-order valence-corrected chi connectivity index (χ3v) is 6.11. The molecule has 0 bridgehead atoms. The van der Waals surface area contributed by atoms with Crippen molar-refractivity contribution in [3.63, 3.8) is 0 Å². The number of hydrogen-bond donors (Lipinski definition) is 0. The number of carbonyl (C=O) groups is 3. The van der Waals surface area contributed by atoms with Crippen molar-refractivity contribution in [3.8, 4) is 22.9 Å². The third-order valence-electron chi connectivity index (χ3n) is 6.11. The molecular formula is C24H19N5O5. The zero-order valence-corrected chi connectivity index (χ0v) is 18.2. The average molecular weight is 457 g/mol. The molecule has 10 heteroatoms. The van der Waals surface area contributed by atoms with Crippen LogP contribution < -0.4 is 4.74 Å². The van der Waals surface area contributed by atoms with Crippen molar-refractivity contribution in [1.29, 1.82) is 0 Å². The summed E-state index contributed by atoms with van der Waals surface area (Å²) < 4.78 is 12.8. The zero-order chi connectivity index (χ0) is 23.4. The van der Waals surface area contributed by atoms with Crippen LogP contribution in [0.15, 0.2) is 53.1 Å². The summed E-state index contributed by atoms with van der Waals surface area (Å²) in [5, 5.41) is 11.6. The number of piperidine rings is 1. The van der Waals surface area contributed by atoms with Crippen molar-refractivity contribution in [2.24, 2.45) is 0 Å². The highest BCUT2D eigenvalue weighted by atomic mass is 16.5. The second-order valence-corrected chi connectivity index (χ2v) is 8.22. The molecule has 0 aliphatic carbocycles. The minimum atomic E-state index is -0.359. The lowest BCUT2D eigenvalue weighted by Crippen LogP contribution is -2.51. The van der Waals surface area contributed by atoms with Crippen molar-refractivity contribution >= 4 is 28.7 Å². The fourth-order valence-electron chi connectivity index (χ4n) is 4.37. The van der Waals surface area contributed by atoms with Crippen LogP contribution in [0.1, 0.15) is 35.2 Å². The van der Waals surface area contributed by atoms with Gasteiger partial charge in [0.2, 0.25) is 11.8 Å². The molecule has 2 aliphatic rings. The molecule has 1 saturated heterocycles. The summed E-state index contributed by atoms with van der Waals surface area (Å²) in [4.78, 5) is 37.5. The number of methoxy groups -OCH3 is 1. The van der Waals surface area contributed by atoms with E-state index in [1.54, 1.807) is 30.1 Å². The molecule has 3 amide bonds. The Morgan fingerprint density at radius 1 is 1.00 bits per heavy atom. The maximum Gasteiger partial charge on any atom is 0.273 e. The first-order chi connectivity index (χ1) is 16.5. The summed E-state index contributed by atoms with van der Waals surface area (Å²) >= 11 is 0. The van der Waals surface area contributed by atoms with Gasteiger partial charge >= 0.3 is 0 Å². The molecule has 0 spiro atoms. The minimum Gasteiger partial charge on any atom is -0.497 e. The van der Waals surface area contributed by atoms with Crippen LogP contribution in [-0.4, -0.2) is 49.8 Å². The van der Waals surface area contributed by atoms with E-state index in [0.717, 1.165) is 10.4 Å². The van der Waals surface area contributed by atoms with Gasteiger partial charge in [-0.1, -0.05) is 5.21 Å². The second-order valence-electron chi connectivity index (χ2n) is 8.22. The summed E-state index contributed by atoms with van der Waals surface area (Å²) in [6, 6.07) is 12.7. The Hall–Kier alpha value is -4.47. The van der Waals surface area contributed by atoms with Gasteiger partial charge < -0.3 is 9.15 Å². The maximum absolute atomic E-state index is 12.9. The Morgan fingerprint density at radius 3 is 2.62 bits per heavy atom. The van der Waals surface area contributed by atoms with E-state index in [1.165, 1.54) is 5.01 Å². The molecular weight excluding hydrogens is 438 g/mol. The molecule has 10 nitrogen and oxygen atoms in total. The topological polar surface area (TPSA) is 111 Å². The number of aromatic nitrogens is 3. The number of hydrogen-bond acceptors (Lipinski definition) is 7. The second kappa shape index (κ2) is 7.55. The molecule has 0 N–H and O–H groups in total. The Bertz CT molecular complexity index is 1470. The molecule has 2 aliphatic heterocycles. The van der Waals surface area contributed by atoms with Crippen LogP contribution in [-0.2, 0) is 16.1 Å². The van der Waals surface area contributed by atoms with Crippen molar-refractivity contribution in [2.45, 2.75) is 25.8 Å². The van der Waals surface area contributed by atoms with E-state index >= 15 is 0 Å². The van der Waals surface area contributed by atoms with E-state index < -0.39 is 0 Å². The van der Waals surface area contributed by atoms with Gasteiger partial charge in [-0.05, 0) is 48.4 Å². The molecule has 0 radical (unpaired) electrons. The van der Waals surface area contributed by atoms with Crippen LogP contribution >= 0.6 is 0 Å². The number of imide groups is 1. The molecule has 0 atom stereocenters. The molecule has 4 aromatic rings. The van der Waals surface area contributed by atoms with Gasteiger partial charge in [-0.25, -0.2) is 9.69 Å². The molecule has 1 fully saturated rings. The molecule has 4 heterocycles. The Balaban J connectivity index is 1.28. The summed E-state index contributed by atoms with van der Waals surface area (Å²) in [6.07, 6.45) is 2.77. The largest absolute Gasteiger partial charge is 0.497 e. The highest BCUT2D eigenvalue weighted by Crippen LogP contribution is 2.31. The van der Waals surface area contributed by atoms with E-state index in [2.05, 4.69) is 10.3 Å². The third kappa shape index (κ3) is 3.14. The number of fused-ring (bicyclic) bond motifs is 2. The first-order valence-electron chi connectivity index (χ1n) is 10.8. The number of carbonyl (C=O) groups excluding carboxylic acids is 3. The summed E-state index contributed by atoms with van der Waals surface area (Å²) in [5.74, 6) is 0.219. The SMILES string of the molecule is COc1ccc2cc(-c3cn(-c4ccc5c(c4)CN(N4C(=O)CCCC4=O)C5=O)nn3)oc2c1. The van der Waals surface area contributed by atoms with E-state index in [4.69, 9.17) is 9.15 Å². The van der Waals surface area contributed by atoms with Gasteiger partial charge in [0, 0.05) is 29.9 Å². The highest BCUT2D eigenvalue weighted by molar-refractivity contribution is 6.04. The minimum absolute atomic E-state index is 0.145. The molecule has 0 saturated carbocycles. The molecule has 34 heavy (non-hydrogen) atoms. The van der Waals surface area contributed by atoms with Crippen molar-refractivity contribution in [2.75, 3.05) is 7.11 Å². The van der Waals surface area contributed by atoms with Crippen molar-refractivity contribution < 1.29 is 23.5 Å². The number of rotatable bonds is 4. The van der Waals surface area contributed by atoms with Crippen LogP contribution in [0, 0.1) is 0 Å². The van der Waals surface area contributed by atoms with Crippen LogP contribution in [0.3, 0.4) is 0 Å². The lowest BCUT2D eigenvalue weighted by molar-refractivity contribution is -0.163. The van der Waals surface area contributed by atoms with Crippen molar-refractivity contribution in [3.05, 3.63) is 59.8 Å². The van der Waals surface area contributed by atoms with E-state index in [-0.39, 0.29) is 37.1 Å². The summed E-state index contributed by atoms with van der Waals surface area (Å²) in [7, 11) is 1.60. The number of amides is 3. The average Bonchev–Trinajstić information content (AvgIpc) is 3.56. The van der Waals surface area contributed by atoms with Crippen LogP contribution in [0.4, 0.5) is 0 Å². The fraction of sp³-hybridized carbons (Fsp3) is 0.208. The molecule has 0 unspecified atom stereocenters. The first-order valence-corrected chi connectivity index (χ1v) is 10.8. The van der Waals surface area contributed by atoms with Gasteiger partial charge in [0.05, 0.1) is 25.5 Å². The molecule has 170 valence electrons. The monoisotopic (exact) mass is 457 g/mol. The lowest BCUT2D eigenvalue weighted by atomic mass is 10.1. The standard InChI is InChI=1S/C24H19N5O5/c1-33-17-7-5-14-10-21(34-20(14)11-17)19-13-27(26-25-19)16-6-8-18-15(9-16)12-28(24(18)32)29-22(30)3-2-4-23(29)31/h5-11,13H,2-4,12H2,1H3. The molecule has 6 rings (SSSR count). The maximum atomic E-state index is 12.9. The highest BCUT2D eigenvalue weighted by Gasteiger charge is 2.39. The van der Waals surface area contributed by atoms with Gasteiger partial charge in [-0.3, -0.25) is 14.4 Å². The lowest BCUT2D eigenvalue weighted by Gasteiger charge is -2.32. The quantitative estimate of drug-likeness (QED) is 0.433. The van der Waals surface area contributed by atoms with Crippen molar-refractivity contribution in [1.82, 2.24) is 25.0 Å².